The van der Waals surface area contributed by atoms with Crippen LogP contribution in [0, 0.1) is 5.82 Å². The Hall–Kier alpha value is -4.46. The first-order valence-corrected chi connectivity index (χ1v) is 10.9. The van der Waals surface area contributed by atoms with E-state index in [0.717, 1.165) is 22.1 Å². The second-order valence-corrected chi connectivity index (χ2v) is 7.76. The van der Waals surface area contributed by atoms with Crippen molar-refractivity contribution < 1.29 is 8.81 Å². The average molecular weight is 455 g/mol. The van der Waals surface area contributed by atoms with Gasteiger partial charge in [0.05, 0.1) is 12.0 Å². The van der Waals surface area contributed by atoms with Gasteiger partial charge in [-0.1, -0.05) is 48.5 Å². The average Bonchev–Trinajstić information content (AvgIpc) is 3.32. The zero-order chi connectivity index (χ0) is 23.5. The molecule has 0 amide bonds. The SMILES string of the molecule is CCN(Cc1ccc2occc2c1)c1nc(Nc2c(F)cccc2-c2ccccc2)[nH]c(=O)n1. The summed E-state index contributed by atoms with van der Waals surface area (Å²) in [5, 5.41) is 3.96. The summed E-state index contributed by atoms with van der Waals surface area (Å²) in [6.45, 7) is 3.02. The monoisotopic (exact) mass is 455 g/mol. The molecule has 8 heteroatoms. The van der Waals surface area contributed by atoms with Gasteiger partial charge in [-0.05, 0) is 42.3 Å². The molecular formula is C26H22FN5O2. The van der Waals surface area contributed by atoms with E-state index < -0.39 is 11.5 Å². The first-order valence-electron chi connectivity index (χ1n) is 10.9. The summed E-state index contributed by atoms with van der Waals surface area (Å²) >= 11 is 0. The molecular weight excluding hydrogens is 433 g/mol. The Bertz CT molecular complexity index is 1500. The van der Waals surface area contributed by atoms with Gasteiger partial charge in [0, 0.05) is 24.0 Å². The third-order valence-corrected chi connectivity index (χ3v) is 5.54. The van der Waals surface area contributed by atoms with Gasteiger partial charge in [0.15, 0.2) is 0 Å². The van der Waals surface area contributed by atoms with Gasteiger partial charge in [-0.25, -0.2) is 9.18 Å². The van der Waals surface area contributed by atoms with Crippen molar-refractivity contribution in [3.05, 3.63) is 101 Å². The number of anilines is 3. The number of benzene rings is 3. The van der Waals surface area contributed by atoms with Gasteiger partial charge in [0.1, 0.15) is 11.4 Å². The first kappa shape index (κ1) is 21.4. The van der Waals surface area contributed by atoms with Crippen molar-refractivity contribution in [2.24, 2.45) is 0 Å². The quantitative estimate of drug-likeness (QED) is 0.338. The van der Waals surface area contributed by atoms with Crippen molar-refractivity contribution in [2.45, 2.75) is 13.5 Å². The van der Waals surface area contributed by atoms with Crippen LogP contribution in [-0.2, 0) is 6.54 Å². The summed E-state index contributed by atoms with van der Waals surface area (Å²) in [6, 6.07) is 22.1. The number of fused-ring (bicyclic) bond motifs is 1. The van der Waals surface area contributed by atoms with Crippen molar-refractivity contribution >= 4 is 28.6 Å². The highest BCUT2D eigenvalue weighted by atomic mass is 19.1. The molecule has 0 aliphatic rings. The molecule has 0 saturated heterocycles. The number of halogens is 1. The molecule has 0 radical (unpaired) electrons. The fraction of sp³-hybridized carbons (Fsp3) is 0.115. The number of rotatable bonds is 7. The smallest absolute Gasteiger partial charge is 0.351 e. The van der Waals surface area contributed by atoms with E-state index in [2.05, 4.69) is 20.3 Å². The first-order chi connectivity index (χ1) is 16.6. The molecule has 2 heterocycles. The largest absolute Gasteiger partial charge is 0.464 e. The third kappa shape index (κ3) is 4.38. The van der Waals surface area contributed by atoms with Crippen molar-refractivity contribution in [3.8, 4) is 11.1 Å². The topological polar surface area (TPSA) is 87.0 Å². The Labute approximate surface area is 194 Å². The fourth-order valence-electron chi connectivity index (χ4n) is 3.86. The van der Waals surface area contributed by atoms with Crippen LogP contribution < -0.4 is 15.9 Å². The van der Waals surface area contributed by atoms with E-state index in [1.54, 1.807) is 12.3 Å². The van der Waals surface area contributed by atoms with Crippen LogP contribution in [0.25, 0.3) is 22.1 Å². The Morgan fingerprint density at radius 2 is 1.88 bits per heavy atom. The number of aromatic nitrogens is 3. The minimum atomic E-state index is -0.575. The van der Waals surface area contributed by atoms with Crippen LogP contribution in [0.4, 0.5) is 22.0 Å². The molecule has 0 spiro atoms. The second kappa shape index (κ2) is 9.19. The van der Waals surface area contributed by atoms with Crippen molar-refractivity contribution in [2.75, 3.05) is 16.8 Å². The Balaban J connectivity index is 1.47. The molecule has 0 saturated carbocycles. The van der Waals surface area contributed by atoms with Gasteiger partial charge in [-0.3, -0.25) is 4.98 Å². The molecule has 0 unspecified atom stereocenters. The maximum Gasteiger partial charge on any atom is 0.351 e. The molecule has 2 N–H and O–H groups in total. The lowest BCUT2D eigenvalue weighted by Gasteiger charge is -2.21. The van der Waals surface area contributed by atoms with Gasteiger partial charge in [-0.15, -0.1) is 0 Å². The highest BCUT2D eigenvalue weighted by Crippen LogP contribution is 2.31. The molecule has 5 aromatic rings. The normalized spacial score (nSPS) is 11.0. The molecule has 170 valence electrons. The van der Waals surface area contributed by atoms with E-state index in [1.807, 2.05) is 72.5 Å². The number of para-hydroxylation sites is 1. The molecule has 34 heavy (non-hydrogen) atoms. The van der Waals surface area contributed by atoms with E-state index in [9.17, 15) is 9.18 Å². The number of nitrogens with zero attached hydrogens (tertiary/aromatic N) is 3. The van der Waals surface area contributed by atoms with Crippen LogP contribution >= 0.6 is 0 Å². The maximum absolute atomic E-state index is 14.8. The summed E-state index contributed by atoms with van der Waals surface area (Å²) in [6.07, 6.45) is 1.65. The summed E-state index contributed by atoms with van der Waals surface area (Å²) < 4.78 is 20.2. The van der Waals surface area contributed by atoms with Gasteiger partial charge in [-0.2, -0.15) is 9.97 Å². The van der Waals surface area contributed by atoms with Crippen LogP contribution in [0.15, 0.2) is 88.3 Å². The Morgan fingerprint density at radius 1 is 1.03 bits per heavy atom. The minimum Gasteiger partial charge on any atom is -0.464 e. The van der Waals surface area contributed by atoms with E-state index in [1.165, 1.54) is 6.07 Å². The number of hydrogen-bond acceptors (Lipinski definition) is 6. The van der Waals surface area contributed by atoms with Crippen LogP contribution in [0.2, 0.25) is 0 Å². The van der Waals surface area contributed by atoms with E-state index in [0.29, 0.717) is 18.7 Å². The van der Waals surface area contributed by atoms with Crippen molar-refractivity contribution in [1.29, 1.82) is 0 Å². The second-order valence-electron chi connectivity index (χ2n) is 7.76. The van der Waals surface area contributed by atoms with Gasteiger partial charge in [0.25, 0.3) is 0 Å². The number of hydrogen-bond donors (Lipinski definition) is 2. The lowest BCUT2D eigenvalue weighted by molar-refractivity contribution is 0.615. The molecule has 0 bridgehead atoms. The summed E-state index contributed by atoms with van der Waals surface area (Å²) in [5.41, 5.74) is 2.98. The molecule has 0 atom stereocenters. The Kier molecular flexibility index (Phi) is 5.78. The molecule has 2 aromatic heterocycles. The van der Waals surface area contributed by atoms with Crippen molar-refractivity contribution in [1.82, 2.24) is 15.0 Å². The molecule has 0 fully saturated rings. The zero-order valence-corrected chi connectivity index (χ0v) is 18.5. The van der Waals surface area contributed by atoms with Gasteiger partial charge in [0.2, 0.25) is 11.9 Å². The van der Waals surface area contributed by atoms with Crippen LogP contribution in [0.3, 0.4) is 0 Å². The number of aromatic amines is 1. The molecule has 7 nitrogen and oxygen atoms in total. The van der Waals surface area contributed by atoms with Crippen molar-refractivity contribution in [3.63, 3.8) is 0 Å². The highest BCUT2D eigenvalue weighted by molar-refractivity contribution is 5.80. The van der Waals surface area contributed by atoms with E-state index >= 15 is 0 Å². The van der Waals surface area contributed by atoms with E-state index in [-0.39, 0.29) is 17.6 Å². The summed E-state index contributed by atoms with van der Waals surface area (Å²) in [5.74, 6) is -0.0946. The minimum absolute atomic E-state index is 0.112. The van der Waals surface area contributed by atoms with Crippen LogP contribution in [0.5, 0.6) is 0 Å². The number of H-pyrrole nitrogens is 1. The predicted molar refractivity (Wildman–Crippen MR) is 131 cm³/mol. The van der Waals surface area contributed by atoms with Crippen LogP contribution in [-0.4, -0.2) is 21.5 Å². The molecule has 3 aromatic carbocycles. The molecule has 0 aliphatic carbocycles. The number of nitrogens with one attached hydrogen (secondary N) is 2. The molecule has 5 rings (SSSR count). The lowest BCUT2D eigenvalue weighted by Crippen LogP contribution is -2.28. The van der Waals surface area contributed by atoms with Gasteiger partial charge >= 0.3 is 5.69 Å². The standard InChI is InChI=1S/C26H22FN5O2/c1-2-32(16-17-11-12-22-19(15-17)13-14-34-22)25-29-24(30-26(33)31-25)28-23-20(9-6-10-21(23)27)18-7-4-3-5-8-18/h3-15H,2,16H2,1H3,(H2,28,29,30,31,33). The molecule has 0 aliphatic heterocycles. The zero-order valence-electron chi connectivity index (χ0n) is 18.5. The predicted octanol–water partition coefficient (Wildman–Crippen LogP) is 5.49. The van der Waals surface area contributed by atoms with E-state index in [4.69, 9.17) is 4.42 Å². The maximum atomic E-state index is 14.8. The fourth-order valence-corrected chi connectivity index (χ4v) is 3.86. The lowest BCUT2D eigenvalue weighted by atomic mass is 10.0. The summed E-state index contributed by atoms with van der Waals surface area (Å²) in [4.78, 5) is 25.4. The Morgan fingerprint density at radius 3 is 2.71 bits per heavy atom. The third-order valence-electron chi connectivity index (χ3n) is 5.54. The highest BCUT2D eigenvalue weighted by Gasteiger charge is 2.15. The van der Waals surface area contributed by atoms with Crippen LogP contribution in [0.1, 0.15) is 12.5 Å². The summed E-state index contributed by atoms with van der Waals surface area (Å²) in [7, 11) is 0. The van der Waals surface area contributed by atoms with Gasteiger partial charge < -0.3 is 14.6 Å². The number of furan rings is 1.